The quantitative estimate of drug-likeness (QED) is 0.312. The number of carbonyl (C=O) groups is 1. The zero-order valence-corrected chi connectivity index (χ0v) is 26.4. The van der Waals surface area contributed by atoms with Gasteiger partial charge in [0.15, 0.2) is 0 Å². The van der Waals surface area contributed by atoms with E-state index in [-0.39, 0.29) is 35.9 Å². The third-order valence-corrected chi connectivity index (χ3v) is 9.87. The molecule has 5 rings (SSSR count). The molecule has 2 heterocycles. The van der Waals surface area contributed by atoms with E-state index in [9.17, 15) is 9.18 Å². The summed E-state index contributed by atoms with van der Waals surface area (Å²) in [5.74, 6) is 1.49. The normalized spacial score (nSPS) is 24.7. The lowest BCUT2D eigenvalue weighted by molar-refractivity contribution is -0.148. The molecular weight excluding hydrogens is 527 g/mol. The number of ether oxygens (including phenoxy) is 1. The SMILES string of the molecule is CCn1nc(CC2CCCCC2)cc1C1CCN(C[C@H]2C[C@H](OC(=O)CNC(C)(C)C)C[C@@H]2c2cccc(F)c2)CC1. The zero-order valence-electron chi connectivity index (χ0n) is 26.4. The van der Waals surface area contributed by atoms with Crippen LogP contribution in [0.25, 0.3) is 0 Å². The van der Waals surface area contributed by atoms with Crippen LogP contribution in [0, 0.1) is 17.7 Å². The van der Waals surface area contributed by atoms with Gasteiger partial charge in [-0.1, -0.05) is 44.2 Å². The summed E-state index contributed by atoms with van der Waals surface area (Å²) in [4.78, 5) is 15.2. The van der Waals surface area contributed by atoms with Gasteiger partial charge in [-0.3, -0.25) is 9.48 Å². The van der Waals surface area contributed by atoms with E-state index in [2.05, 4.69) is 27.9 Å². The number of carbonyl (C=O) groups excluding carboxylic acids is 1. The second-order valence-electron chi connectivity index (χ2n) is 14.3. The topological polar surface area (TPSA) is 59.4 Å². The van der Waals surface area contributed by atoms with Crippen LogP contribution in [-0.4, -0.2) is 58.5 Å². The van der Waals surface area contributed by atoms with Gasteiger partial charge in [0.25, 0.3) is 0 Å². The van der Waals surface area contributed by atoms with Crippen LogP contribution in [0.2, 0.25) is 0 Å². The maximum absolute atomic E-state index is 14.2. The predicted octanol–water partition coefficient (Wildman–Crippen LogP) is 6.84. The first-order valence-corrected chi connectivity index (χ1v) is 16.7. The van der Waals surface area contributed by atoms with Crippen LogP contribution in [0.15, 0.2) is 30.3 Å². The second-order valence-corrected chi connectivity index (χ2v) is 14.3. The second kappa shape index (κ2) is 14.0. The van der Waals surface area contributed by atoms with Crippen molar-refractivity contribution in [2.45, 2.75) is 122 Å². The number of nitrogens with zero attached hydrogens (tertiary/aromatic N) is 3. The minimum Gasteiger partial charge on any atom is -0.461 e. The average Bonchev–Trinajstić information content (AvgIpc) is 3.56. The molecule has 2 aliphatic carbocycles. The van der Waals surface area contributed by atoms with Gasteiger partial charge in [-0.05, 0) is 114 Å². The third-order valence-electron chi connectivity index (χ3n) is 9.87. The first-order chi connectivity index (χ1) is 20.2. The van der Waals surface area contributed by atoms with Crippen molar-refractivity contribution in [2.24, 2.45) is 11.8 Å². The molecule has 3 fully saturated rings. The molecule has 1 saturated heterocycles. The fourth-order valence-electron chi connectivity index (χ4n) is 7.68. The maximum atomic E-state index is 14.2. The summed E-state index contributed by atoms with van der Waals surface area (Å²) >= 11 is 0. The van der Waals surface area contributed by atoms with Crippen molar-refractivity contribution in [1.29, 1.82) is 0 Å². The van der Waals surface area contributed by atoms with Gasteiger partial charge in [0, 0.05) is 30.2 Å². The van der Waals surface area contributed by atoms with Crippen LogP contribution in [0.3, 0.4) is 0 Å². The summed E-state index contributed by atoms with van der Waals surface area (Å²) in [6.07, 6.45) is 11.8. The Labute approximate surface area is 252 Å². The minimum atomic E-state index is -0.204. The average molecular weight is 581 g/mol. The van der Waals surface area contributed by atoms with Crippen molar-refractivity contribution in [2.75, 3.05) is 26.2 Å². The molecular formula is C35H53FN4O2. The molecule has 42 heavy (non-hydrogen) atoms. The number of benzene rings is 1. The van der Waals surface area contributed by atoms with Gasteiger partial charge >= 0.3 is 5.97 Å². The lowest BCUT2D eigenvalue weighted by atomic mass is 9.85. The lowest BCUT2D eigenvalue weighted by Gasteiger charge is -2.35. The van der Waals surface area contributed by atoms with E-state index in [0.717, 1.165) is 69.8 Å². The van der Waals surface area contributed by atoms with Gasteiger partial charge in [0.2, 0.25) is 0 Å². The molecule has 0 spiro atoms. The van der Waals surface area contributed by atoms with Crippen molar-refractivity contribution in [1.82, 2.24) is 20.0 Å². The van der Waals surface area contributed by atoms with Crippen LogP contribution in [0.1, 0.15) is 114 Å². The van der Waals surface area contributed by atoms with Crippen LogP contribution in [-0.2, 0) is 22.5 Å². The standard InChI is InChI=1S/C35H53FN4O2/c1-5-40-33(21-30(38-40)18-25-10-7-6-8-11-25)26-14-16-39(17-15-26)24-28-20-31(42-34(41)23-37-35(2,3)4)22-32(28)27-12-9-13-29(36)19-27/h9,12-13,19,21,25-26,28,31-32,37H,5-8,10-11,14-18,20,22-24H2,1-4H3/t28-,31+,32-/m1/s1. The number of esters is 1. The van der Waals surface area contributed by atoms with Crippen molar-refractivity contribution < 1.29 is 13.9 Å². The number of hydrogen-bond donors (Lipinski definition) is 1. The summed E-state index contributed by atoms with van der Waals surface area (Å²) in [6, 6.07) is 9.44. The largest absolute Gasteiger partial charge is 0.461 e. The van der Waals surface area contributed by atoms with Crippen molar-refractivity contribution in [3.8, 4) is 0 Å². The number of halogens is 1. The lowest BCUT2D eigenvalue weighted by Crippen LogP contribution is -2.40. The maximum Gasteiger partial charge on any atom is 0.320 e. The first kappa shape index (κ1) is 31.2. The molecule has 1 aliphatic heterocycles. The van der Waals surface area contributed by atoms with Crippen LogP contribution < -0.4 is 5.32 Å². The highest BCUT2D eigenvalue weighted by molar-refractivity contribution is 5.72. The molecule has 3 atom stereocenters. The van der Waals surface area contributed by atoms with Gasteiger partial charge in [-0.2, -0.15) is 5.10 Å². The number of aromatic nitrogens is 2. The Kier molecular flexibility index (Phi) is 10.4. The minimum absolute atomic E-state index is 0.128. The molecule has 6 nitrogen and oxygen atoms in total. The molecule has 0 bridgehead atoms. The third kappa shape index (κ3) is 8.43. The van der Waals surface area contributed by atoms with E-state index in [1.807, 2.05) is 26.8 Å². The van der Waals surface area contributed by atoms with E-state index in [0.29, 0.717) is 11.8 Å². The van der Waals surface area contributed by atoms with Crippen molar-refractivity contribution in [3.63, 3.8) is 0 Å². The number of nitrogens with one attached hydrogen (secondary N) is 1. The van der Waals surface area contributed by atoms with Gasteiger partial charge < -0.3 is 15.0 Å². The highest BCUT2D eigenvalue weighted by Crippen LogP contribution is 2.42. The van der Waals surface area contributed by atoms with Gasteiger partial charge in [0.1, 0.15) is 11.9 Å². The fourth-order valence-corrected chi connectivity index (χ4v) is 7.68. The summed E-state index contributed by atoms with van der Waals surface area (Å²) in [7, 11) is 0. The molecule has 0 amide bonds. The molecule has 2 saturated carbocycles. The number of hydrogen-bond acceptors (Lipinski definition) is 5. The molecule has 1 aromatic carbocycles. The molecule has 232 valence electrons. The molecule has 2 aromatic rings. The van der Waals surface area contributed by atoms with E-state index in [1.165, 1.54) is 49.6 Å². The molecule has 1 aromatic heterocycles. The Morgan fingerprint density at radius 2 is 1.83 bits per heavy atom. The highest BCUT2D eigenvalue weighted by Gasteiger charge is 2.39. The number of rotatable bonds is 10. The Morgan fingerprint density at radius 1 is 1.07 bits per heavy atom. The summed E-state index contributed by atoms with van der Waals surface area (Å²) in [5, 5.41) is 8.27. The molecule has 7 heteroatoms. The molecule has 3 aliphatic rings. The summed E-state index contributed by atoms with van der Waals surface area (Å²) in [6.45, 7) is 12.6. The van der Waals surface area contributed by atoms with Gasteiger partial charge in [-0.15, -0.1) is 0 Å². The monoisotopic (exact) mass is 580 g/mol. The Balaban J connectivity index is 1.19. The van der Waals surface area contributed by atoms with Crippen molar-refractivity contribution in [3.05, 3.63) is 53.1 Å². The van der Waals surface area contributed by atoms with Crippen LogP contribution in [0.5, 0.6) is 0 Å². The Morgan fingerprint density at radius 3 is 2.52 bits per heavy atom. The predicted molar refractivity (Wildman–Crippen MR) is 166 cm³/mol. The highest BCUT2D eigenvalue weighted by atomic mass is 19.1. The first-order valence-electron chi connectivity index (χ1n) is 16.7. The van der Waals surface area contributed by atoms with Crippen LogP contribution >= 0.6 is 0 Å². The van der Waals surface area contributed by atoms with E-state index < -0.39 is 0 Å². The summed E-state index contributed by atoms with van der Waals surface area (Å²) < 4.78 is 22.4. The molecule has 1 N–H and O–H groups in total. The number of likely N-dealkylation sites (tertiary alicyclic amines) is 1. The molecule has 0 unspecified atom stereocenters. The molecule has 0 radical (unpaired) electrons. The van der Waals surface area contributed by atoms with E-state index in [4.69, 9.17) is 9.84 Å². The number of piperidine rings is 1. The summed E-state index contributed by atoms with van der Waals surface area (Å²) in [5.41, 5.74) is 3.61. The Bertz CT molecular complexity index is 1160. The van der Waals surface area contributed by atoms with Crippen LogP contribution in [0.4, 0.5) is 4.39 Å². The smallest absolute Gasteiger partial charge is 0.320 e. The van der Waals surface area contributed by atoms with E-state index >= 15 is 0 Å². The van der Waals surface area contributed by atoms with E-state index in [1.54, 1.807) is 12.1 Å². The zero-order chi connectivity index (χ0) is 29.7. The van der Waals surface area contributed by atoms with Gasteiger partial charge in [-0.25, -0.2) is 4.39 Å². The van der Waals surface area contributed by atoms with Crippen molar-refractivity contribution >= 4 is 5.97 Å². The van der Waals surface area contributed by atoms with Gasteiger partial charge in [0.05, 0.1) is 12.2 Å². The Hall–Kier alpha value is -2.25. The fraction of sp³-hybridized carbons (Fsp3) is 0.714. The number of aryl methyl sites for hydroxylation is 1.